The molecular weight excluding hydrogens is 301 g/mol. The molecule has 0 aliphatic carbocycles. The molecule has 4 atom stereocenters. The third-order valence-corrected chi connectivity index (χ3v) is 5.11. The van der Waals surface area contributed by atoms with Gasteiger partial charge in [0, 0.05) is 11.3 Å². The first kappa shape index (κ1) is 16.8. The Hall–Kier alpha value is -0.590. The summed E-state index contributed by atoms with van der Waals surface area (Å²) in [7, 11) is 0. The molecule has 0 spiro atoms. The summed E-state index contributed by atoms with van der Waals surface area (Å²) in [4.78, 5) is 0.823. The van der Waals surface area contributed by atoms with E-state index < -0.39 is 30.1 Å². The average Bonchev–Trinajstić information content (AvgIpc) is 2.89. The summed E-state index contributed by atoms with van der Waals surface area (Å²) in [6.45, 7) is 5.60. The van der Waals surface area contributed by atoms with Crippen molar-refractivity contribution in [3.8, 4) is 0 Å². The summed E-state index contributed by atoms with van der Waals surface area (Å²) in [5.41, 5.74) is -0.705. The maximum atomic E-state index is 13.2. The summed E-state index contributed by atoms with van der Waals surface area (Å²) in [6.07, 6.45) is -6.35. The fraction of sp³-hybridized carbons (Fsp3) is 0.733. The molecule has 0 radical (unpaired) electrons. The Morgan fingerprint density at radius 3 is 2.57 bits per heavy atom. The van der Waals surface area contributed by atoms with Crippen molar-refractivity contribution in [2.45, 2.75) is 70.1 Å². The molecule has 0 aromatic carbocycles. The van der Waals surface area contributed by atoms with E-state index in [0.717, 1.165) is 4.88 Å². The number of hydrogen-bond acceptors (Lipinski definition) is 3. The quantitative estimate of drug-likeness (QED) is 0.770. The third-order valence-electron chi connectivity index (χ3n) is 4.15. The predicted molar refractivity (Wildman–Crippen MR) is 76.5 cm³/mol. The Morgan fingerprint density at radius 2 is 2.10 bits per heavy atom. The van der Waals surface area contributed by atoms with Crippen LogP contribution in [0.4, 0.5) is 13.2 Å². The van der Waals surface area contributed by atoms with Crippen LogP contribution in [-0.4, -0.2) is 24.0 Å². The van der Waals surface area contributed by atoms with E-state index in [-0.39, 0.29) is 6.42 Å². The van der Waals surface area contributed by atoms with E-state index in [9.17, 15) is 13.2 Å². The van der Waals surface area contributed by atoms with Crippen LogP contribution in [0.25, 0.3) is 0 Å². The van der Waals surface area contributed by atoms with Crippen molar-refractivity contribution in [2.24, 2.45) is 0 Å². The summed E-state index contributed by atoms with van der Waals surface area (Å²) >= 11 is 1.42. The maximum absolute atomic E-state index is 13.2. The fourth-order valence-electron chi connectivity index (χ4n) is 2.74. The molecule has 0 bridgehead atoms. The normalized spacial score (nSPS) is 34.7. The molecule has 0 saturated carbocycles. The highest BCUT2D eigenvalue weighted by Gasteiger charge is 2.50. The van der Waals surface area contributed by atoms with E-state index in [1.54, 1.807) is 0 Å². The topological polar surface area (TPSA) is 18.5 Å². The second kappa shape index (κ2) is 6.26. The molecule has 1 aromatic heterocycles. The lowest BCUT2D eigenvalue weighted by Gasteiger charge is -2.36. The van der Waals surface area contributed by atoms with Crippen molar-refractivity contribution in [3.05, 3.63) is 22.4 Å². The van der Waals surface area contributed by atoms with Crippen LogP contribution in [0.15, 0.2) is 17.5 Å². The van der Waals surface area contributed by atoms with Gasteiger partial charge < -0.3 is 9.47 Å². The van der Waals surface area contributed by atoms with Gasteiger partial charge in [0.05, 0.1) is 17.8 Å². The van der Waals surface area contributed by atoms with Gasteiger partial charge in [-0.3, -0.25) is 0 Å². The van der Waals surface area contributed by atoms with Gasteiger partial charge in [-0.1, -0.05) is 19.9 Å². The highest BCUT2D eigenvalue weighted by atomic mass is 32.1. The van der Waals surface area contributed by atoms with E-state index in [4.69, 9.17) is 9.47 Å². The summed E-state index contributed by atoms with van der Waals surface area (Å²) < 4.78 is 51.2. The maximum Gasteiger partial charge on any atom is 0.414 e. The minimum atomic E-state index is -4.37. The van der Waals surface area contributed by atoms with E-state index >= 15 is 0 Å². The van der Waals surface area contributed by atoms with Crippen LogP contribution >= 0.6 is 11.3 Å². The average molecular weight is 322 g/mol. The minimum absolute atomic E-state index is 0.184. The molecule has 1 aliphatic heterocycles. The zero-order valence-electron chi connectivity index (χ0n) is 12.4. The zero-order valence-corrected chi connectivity index (χ0v) is 13.3. The molecule has 2 heterocycles. The summed E-state index contributed by atoms with van der Waals surface area (Å²) in [5, 5.41) is 1.85. The number of rotatable bonds is 3. The monoisotopic (exact) mass is 322 g/mol. The Bertz CT molecular complexity index is 446. The first-order valence-electron chi connectivity index (χ1n) is 7.23. The van der Waals surface area contributed by atoms with Gasteiger partial charge in [-0.25, -0.2) is 0 Å². The summed E-state index contributed by atoms with van der Waals surface area (Å²) in [6, 6.07) is 3.66. The van der Waals surface area contributed by atoms with Crippen LogP contribution in [0.2, 0.25) is 0 Å². The van der Waals surface area contributed by atoms with Crippen LogP contribution in [0.3, 0.4) is 0 Å². The zero-order chi connectivity index (χ0) is 15.7. The van der Waals surface area contributed by atoms with Crippen molar-refractivity contribution in [2.75, 3.05) is 0 Å². The predicted octanol–water partition coefficient (Wildman–Crippen LogP) is 5.10. The second-order valence-electron chi connectivity index (χ2n) is 5.59. The first-order valence-corrected chi connectivity index (χ1v) is 8.11. The van der Waals surface area contributed by atoms with Crippen molar-refractivity contribution < 1.29 is 22.6 Å². The van der Waals surface area contributed by atoms with Crippen LogP contribution in [0, 0.1) is 0 Å². The third kappa shape index (κ3) is 3.60. The molecular formula is C15H21F3O2S. The smallest absolute Gasteiger partial charge is 0.364 e. The minimum Gasteiger partial charge on any atom is -0.364 e. The van der Waals surface area contributed by atoms with Gasteiger partial charge in [-0.15, -0.1) is 11.3 Å². The number of halogens is 3. The van der Waals surface area contributed by atoms with Crippen molar-refractivity contribution in [1.82, 2.24) is 0 Å². The molecule has 1 saturated heterocycles. The van der Waals surface area contributed by atoms with E-state index in [1.807, 2.05) is 38.3 Å². The molecule has 21 heavy (non-hydrogen) atoms. The van der Waals surface area contributed by atoms with Gasteiger partial charge in [0.2, 0.25) is 0 Å². The summed E-state index contributed by atoms with van der Waals surface area (Å²) in [5.74, 6) is 0. The van der Waals surface area contributed by atoms with Crippen LogP contribution in [0.1, 0.15) is 51.0 Å². The molecule has 1 aromatic rings. The number of ether oxygens (including phenoxy) is 2. The van der Waals surface area contributed by atoms with E-state index in [1.165, 1.54) is 11.3 Å². The second-order valence-corrected chi connectivity index (χ2v) is 6.57. The molecule has 2 unspecified atom stereocenters. The number of alkyl halides is 3. The number of hydrogen-bond donors (Lipinski definition) is 0. The van der Waals surface area contributed by atoms with E-state index in [0.29, 0.717) is 12.8 Å². The van der Waals surface area contributed by atoms with Gasteiger partial charge in [0.25, 0.3) is 0 Å². The first-order chi connectivity index (χ1) is 9.80. The van der Waals surface area contributed by atoms with Gasteiger partial charge in [-0.2, -0.15) is 13.2 Å². The lowest BCUT2D eigenvalue weighted by atomic mass is 9.93. The molecule has 120 valence electrons. The van der Waals surface area contributed by atoms with Gasteiger partial charge >= 0.3 is 6.18 Å². The van der Waals surface area contributed by atoms with Gasteiger partial charge in [0.1, 0.15) is 0 Å². The SMILES string of the molecule is CC[C@H]1OC(C(F)(F)F)CC(c2cccs2)O[C@]1(C)CC. The van der Waals surface area contributed by atoms with E-state index in [2.05, 4.69) is 0 Å². The van der Waals surface area contributed by atoms with Gasteiger partial charge in [-0.05, 0) is 31.2 Å². The lowest BCUT2D eigenvalue weighted by molar-refractivity contribution is -0.240. The standard InChI is InChI=1S/C15H21F3O2S/c1-4-12-14(3,5-2)20-10(11-7-6-8-21-11)9-13(19-12)15(16,17)18/h6-8,10,12-13H,4-5,9H2,1-3H3/t10?,12-,13?,14-/m1/s1. The lowest BCUT2D eigenvalue weighted by Crippen LogP contribution is -2.44. The van der Waals surface area contributed by atoms with Crippen LogP contribution in [-0.2, 0) is 9.47 Å². The Kier molecular flexibility index (Phi) is 5.00. The Morgan fingerprint density at radius 1 is 1.38 bits per heavy atom. The highest BCUT2D eigenvalue weighted by molar-refractivity contribution is 7.10. The molecule has 2 rings (SSSR count). The number of thiophene rings is 1. The highest BCUT2D eigenvalue weighted by Crippen LogP contribution is 2.43. The fourth-order valence-corrected chi connectivity index (χ4v) is 3.51. The van der Waals surface area contributed by atoms with Crippen molar-refractivity contribution in [3.63, 3.8) is 0 Å². The van der Waals surface area contributed by atoms with Crippen molar-refractivity contribution >= 4 is 11.3 Å². The molecule has 0 amide bonds. The van der Waals surface area contributed by atoms with Gasteiger partial charge in [0.15, 0.2) is 6.10 Å². The Labute approximate surface area is 127 Å². The molecule has 6 heteroatoms. The molecule has 1 fully saturated rings. The Balaban J connectivity index is 2.35. The van der Waals surface area contributed by atoms with Crippen LogP contribution in [0.5, 0.6) is 0 Å². The largest absolute Gasteiger partial charge is 0.414 e. The van der Waals surface area contributed by atoms with Crippen LogP contribution < -0.4 is 0 Å². The molecule has 1 aliphatic rings. The molecule has 2 nitrogen and oxygen atoms in total. The molecule has 0 N–H and O–H groups in total. The van der Waals surface area contributed by atoms with Crippen molar-refractivity contribution in [1.29, 1.82) is 0 Å².